The largest absolute Gasteiger partial charge is 0.361 e. The maximum Gasteiger partial charge on any atom is 0.254 e. The van der Waals surface area contributed by atoms with E-state index in [0.717, 1.165) is 40.7 Å². The summed E-state index contributed by atoms with van der Waals surface area (Å²) in [4.78, 5) is 22.3. The number of carbonyl (C=O) groups excluding carboxylic acids is 1. The monoisotopic (exact) mass is 277 g/mol. The fourth-order valence-electron chi connectivity index (χ4n) is 2.98. The maximum absolute atomic E-state index is 12.8. The lowest BCUT2D eigenvalue weighted by Crippen LogP contribution is -2.36. The number of H-pyrrole nitrogens is 1. The summed E-state index contributed by atoms with van der Waals surface area (Å²) in [7, 11) is 0. The molecule has 1 aliphatic rings. The van der Waals surface area contributed by atoms with Crippen molar-refractivity contribution in [2.75, 3.05) is 6.54 Å². The third kappa shape index (κ3) is 2.00. The van der Waals surface area contributed by atoms with E-state index < -0.39 is 0 Å². The zero-order chi connectivity index (χ0) is 14.2. The minimum absolute atomic E-state index is 0.0923. The van der Waals surface area contributed by atoms with E-state index in [9.17, 15) is 4.79 Å². The first-order chi connectivity index (χ1) is 10.3. The van der Waals surface area contributed by atoms with Gasteiger partial charge in [-0.3, -0.25) is 9.78 Å². The Morgan fingerprint density at radius 2 is 2.14 bits per heavy atom. The molecule has 0 unspecified atom stereocenters. The van der Waals surface area contributed by atoms with E-state index in [2.05, 4.69) is 16.0 Å². The van der Waals surface area contributed by atoms with Gasteiger partial charge in [0.05, 0.1) is 0 Å². The lowest BCUT2D eigenvalue weighted by molar-refractivity contribution is 0.0735. The number of hydrogen-bond acceptors (Lipinski definition) is 2. The van der Waals surface area contributed by atoms with Crippen LogP contribution in [0.4, 0.5) is 0 Å². The minimum atomic E-state index is 0.0923. The van der Waals surface area contributed by atoms with Gasteiger partial charge >= 0.3 is 0 Å². The Balaban J connectivity index is 1.69. The molecule has 4 nitrogen and oxygen atoms in total. The van der Waals surface area contributed by atoms with Crippen LogP contribution in [0, 0.1) is 0 Å². The van der Waals surface area contributed by atoms with E-state index in [1.54, 1.807) is 0 Å². The van der Waals surface area contributed by atoms with Gasteiger partial charge in [-0.1, -0.05) is 12.1 Å². The summed E-state index contributed by atoms with van der Waals surface area (Å²) in [6, 6.07) is 11.8. The molecule has 4 heteroatoms. The second-order valence-corrected chi connectivity index (χ2v) is 5.33. The molecule has 3 aromatic rings. The van der Waals surface area contributed by atoms with Gasteiger partial charge in [0, 0.05) is 54.1 Å². The van der Waals surface area contributed by atoms with Gasteiger partial charge in [-0.25, -0.2) is 0 Å². The quantitative estimate of drug-likeness (QED) is 0.743. The highest BCUT2D eigenvalue weighted by Crippen LogP contribution is 2.22. The van der Waals surface area contributed by atoms with E-state index >= 15 is 0 Å². The molecule has 3 heterocycles. The van der Waals surface area contributed by atoms with Gasteiger partial charge in [-0.15, -0.1) is 0 Å². The maximum atomic E-state index is 12.8. The fraction of sp³-hybridized carbons (Fsp3) is 0.176. The number of nitrogens with one attached hydrogen (secondary N) is 1. The van der Waals surface area contributed by atoms with Crippen LogP contribution < -0.4 is 0 Å². The Labute approximate surface area is 122 Å². The van der Waals surface area contributed by atoms with Gasteiger partial charge < -0.3 is 9.88 Å². The molecule has 0 saturated heterocycles. The molecule has 0 aliphatic carbocycles. The van der Waals surface area contributed by atoms with Crippen molar-refractivity contribution in [3.8, 4) is 0 Å². The molecule has 1 aromatic carbocycles. The third-order valence-electron chi connectivity index (χ3n) is 4.08. The molecule has 104 valence electrons. The first-order valence-electron chi connectivity index (χ1n) is 7.11. The van der Waals surface area contributed by atoms with Gasteiger partial charge in [0.2, 0.25) is 0 Å². The van der Waals surface area contributed by atoms with E-state index in [1.807, 2.05) is 47.6 Å². The number of aromatic nitrogens is 2. The summed E-state index contributed by atoms with van der Waals surface area (Å²) in [6.07, 6.45) is 4.51. The van der Waals surface area contributed by atoms with Crippen LogP contribution in [0.3, 0.4) is 0 Å². The standard InChI is InChI=1S/C17H15N3O/c21-17(14-4-1-5-16-13(14)6-9-19-16)20-10-7-15-12(11-20)3-2-8-18-15/h1-6,8-9,19H,7,10-11H2. The van der Waals surface area contributed by atoms with E-state index in [4.69, 9.17) is 0 Å². The summed E-state index contributed by atoms with van der Waals surface area (Å²) in [5.41, 5.74) is 4.03. The molecule has 21 heavy (non-hydrogen) atoms. The normalized spacial score (nSPS) is 14.2. The van der Waals surface area contributed by atoms with Gasteiger partial charge in [0.1, 0.15) is 0 Å². The minimum Gasteiger partial charge on any atom is -0.361 e. The predicted molar refractivity (Wildman–Crippen MR) is 81.0 cm³/mol. The van der Waals surface area contributed by atoms with E-state index in [-0.39, 0.29) is 5.91 Å². The van der Waals surface area contributed by atoms with Crippen molar-refractivity contribution in [1.29, 1.82) is 0 Å². The van der Waals surface area contributed by atoms with Crippen LogP contribution in [0.2, 0.25) is 0 Å². The third-order valence-corrected chi connectivity index (χ3v) is 4.08. The molecule has 4 rings (SSSR count). The molecular weight excluding hydrogens is 262 g/mol. The van der Waals surface area contributed by atoms with Gasteiger partial charge in [0.25, 0.3) is 5.91 Å². The van der Waals surface area contributed by atoms with Crippen LogP contribution in [-0.2, 0) is 13.0 Å². The number of rotatable bonds is 1. The Hall–Kier alpha value is -2.62. The molecule has 0 spiro atoms. The van der Waals surface area contributed by atoms with Crippen molar-refractivity contribution in [2.24, 2.45) is 0 Å². The van der Waals surface area contributed by atoms with Gasteiger partial charge in [0.15, 0.2) is 0 Å². The van der Waals surface area contributed by atoms with Gasteiger partial charge in [-0.2, -0.15) is 0 Å². The second-order valence-electron chi connectivity index (χ2n) is 5.33. The summed E-state index contributed by atoms with van der Waals surface area (Å²) in [6.45, 7) is 1.37. The number of benzene rings is 1. The van der Waals surface area contributed by atoms with Crippen LogP contribution in [-0.4, -0.2) is 27.3 Å². The SMILES string of the molecule is O=C(c1cccc2[nH]ccc12)N1CCc2ncccc2C1. The number of aromatic amines is 1. The molecule has 0 saturated carbocycles. The Kier molecular flexibility index (Phi) is 2.74. The number of fused-ring (bicyclic) bond motifs is 2. The van der Waals surface area contributed by atoms with Crippen molar-refractivity contribution >= 4 is 16.8 Å². The first-order valence-corrected chi connectivity index (χ1v) is 7.11. The van der Waals surface area contributed by atoms with Crippen LogP contribution in [0.15, 0.2) is 48.8 Å². The number of pyridine rings is 1. The van der Waals surface area contributed by atoms with Crippen LogP contribution in [0.1, 0.15) is 21.6 Å². The first kappa shape index (κ1) is 12.1. The summed E-state index contributed by atoms with van der Waals surface area (Å²) in [5, 5.41) is 0.986. The Bertz CT molecular complexity index is 822. The summed E-state index contributed by atoms with van der Waals surface area (Å²) in [5.74, 6) is 0.0923. The molecule has 1 N–H and O–H groups in total. The van der Waals surface area contributed by atoms with Crippen molar-refractivity contribution < 1.29 is 4.79 Å². The predicted octanol–water partition coefficient (Wildman–Crippen LogP) is 2.76. The van der Waals surface area contributed by atoms with Crippen LogP contribution >= 0.6 is 0 Å². The highest BCUT2D eigenvalue weighted by atomic mass is 16.2. The topological polar surface area (TPSA) is 49.0 Å². The zero-order valence-electron chi connectivity index (χ0n) is 11.5. The average Bonchev–Trinajstić information content (AvgIpc) is 3.02. The molecule has 0 bridgehead atoms. The number of amides is 1. The Morgan fingerprint density at radius 3 is 3.10 bits per heavy atom. The van der Waals surface area contributed by atoms with Crippen molar-refractivity contribution in [3.63, 3.8) is 0 Å². The second kappa shape index (κ2) is 4.74. The van der Waals surface area contributed by atoms with Crippen molar-refractivity contribution in [2.45, 2.75) is 13.0 Å². The highest BCUT2D eigenvalue weighted by Gasteiger charge is 2.23. The number of nitrogens with zero attached hydrogens (tertiary/aromatic N) is 2. The number of carbonyl (C=O) groups is 1. The molecule has 0 fully saturated rings. The van der Waals surface area contributed by atoms with Crippen molar-refractivity contribution in [3.05, 3.63) is 65.6 Å². The lowest BCUT2D eigenvalue weighted by atomic mass is 10.0. The molecule has 1 aliphatic heterocycles. The molecule has 0 radical (unpaired) electrons. The fourth-order valence-corrected chi connectivity index (χ4v) is 2.98. The molecule has 1 amide bonds. The lowest BCUT2D eigenvalue weighted by Gasteiger charge is -2.28. The Morgan fingerprint density at radius 1 is 1.19 bits per heavy atom. The average molecular weight is 277 g/mol. The van der Waals surface area contributed by atoms with Crippen LogP contribution in [0.25, 0.3) is 10.9 Å². The molecule has 0 atom stereocenters. The van der Waals surface area contributed by atoms with Gasteiger partial charge in [-0.05, 0) is 29.8 Å². The van der Waals surface area contributed by atoms with Crippen molar-refractivity contribution in [1.82, 2.24) is 14.9 Å². The van der Waals surface area contributed by atoms with E-state index in [0.29, 0.717) is 6.54 Å². The summed E-state index contributed by atoms with van der Waals surface area (Å²) >= 11 is 0. The smallest absolute Gasteiger partial charge is 0.254 e. The molecular formula is C17H15N3O. The van der Waals surface area contributed by atoms with Crippen LogP contribution in [0.5, 0.6) is 0 Å². The zero-order valence-corrected chi connectivity index (χ0v) is 11.5. The number of hydrogen-bond donors (Lipinski definition) is 1. The van der Waals surface area contributed by atoms with E-state index in [1.165, 1.54) is 0 Å². The highest BCUT2D eigenvalue weighted by molar-refractivity contribution is 6.06. The molecule has 2 aromatic heterocycles. The summed E-state index contributed by atoms with van der Waals surface area (Å²) < 4.78 is 0.